The fourth-order valence-electron chi connectivity index (χ4n) is 5.64. The minimum absolute atomic E-state index is 0.123. The second kappa shape index (κ2) is 9.23. The van der Waals surface area contributed by atoms with Gasteiger partial charge in [-0.2, -0.15) is 5.10 Å². The molecule has 3 aromatic rings. The number of carbonyl (C=O) groups excluding carboxylic acids is 1. The van der Waals surface area contributed by atoms with Gasteiger partial charge in [0.1, 0.15) is 23.1 Å². The Bertz CT molecular complexity index is 1500. The number of imidazole rings is 1. The van der Waals surface area contributed by atoms with Crippen molar-refractivity contribution in [3.63, 3.8) is 0 Å². The van der Waals surface area contributed by atoms with Gasteiger partial charge in [-0.3, -0.25) is 4.79 Å². The summed E-state index contributed by atoms with van der Waals surface area (Å²) in [6.45, 7) is 2.97. The third-order valence-electron chi connectivity index (χ3n) is 7.91. The van der Waals surface area contributed by atoms with Crippen LogP contribution in [0.5, 0.6) is 0 Å². The molecule has 1 atom stereocenters. The summed E-state index contributed by atoms with van der Waals surface area (Å²) in [4.78, 5) is 25.7. The molecule has 1 spiro atoms. The molecule has 1 saturated carbocycles. The maximum Gasteiger partial charge on any atom is 0.282 e. The van der Waals surface area contributed by atoms with Gasteiger partial charge in [-0.15, -0.1) is 0 Å². The number of carbonyl (C=O) groups is 1. The van der Waals surface area contributed by atoms with Crippen molar-refractivity contribution < 1.29 is 22.0 Å². The van der Waals surface area contributed by atoms with Crippen molar-refractivity contribution in [2.24, 2.45) is 11.3 Å². The van der Waals surface area contributed by atoms with E-state index in [1.54, 1.807) is 6.20 Å². The van der Waals surface area contributed by atoms with Crippen LogP contribution < -0.4 is 14.5 Å². The topological polar surface area (TPSA) is 113 Å². The first kappa shape index (κ1) is 25.1. The number of anilines is 2. The largest absolute Gasteiger partial charge is 0.356 e. The number of halogens is 2. The quantitative estimate of drug-likeness (QED) is 0.482. The lowest BCUT2D eigenvalue weighted by molar-refractivity contribution is -0.140. The molecule has 202 valence electrons. The van der Waals surface area contributed by atoms with Gasteiger partial charge in [-0.05, 0) is 49.4 Å². The number of ketones is 1. The molecule has 38 heavy (non-hydrogen) atoms. The second-order valence-electron chi connectivity index (χ2n) is 10.7. The third-order valence-corrected chi connectivity index (χ3v) is 8.60. The minimum atomic E-state index is -3.29. The van der Waals surface area contributed by atoms with Crippen LogP contribution in [0, 0.1) is 11.3 Å². The number of nitrogens with zero attached hydrogens (tertiary/aromatic N) is 6. The number of pyridine rings is 1. The van der Waals surface area contributed by atoms with E-state index in [4.69, 9.17) is 4.98 Å². The standard InChI is InChI=1S/C25H29F2N7O3S/c1-38(36,37)29-11-16-3-2-8-32(13-16)22-9-17(10-23(30-22)33-14-25(15-33)7-6-20(25)35)19-12-28-21-5-4-18(24(26)27)31-34(19)21/h4-5,9-10,12,16,24,29H,2-3,6-8,11,13-15H2,1H3. The summed E-state index contributed by atoms with van der Waals surface area (Å²) in [7, 11) is -3.29. The van der Waals surface area contributed by atoms with Gasteiger partial charge in [-0.25, -0.2) is 36.4 Å². The van der Waals surface area contributed by atoms with E-state index in [1.165, 1.54) is 16.6 Å². The van der Waals surface area contributed by atoms with Gasteiger partial charge in [0.25, 0.3) is 6.43 Å². The summed E-state index contributed by atoms with van der Waals surface area (Å²) in [5.41, 5.74) is 1.15. The highest BCUT2D eigenvalue weighted by Crippen LogP contribution is 2.47. The van der Waals surface area contributed by atoms with Crippen LogP contribution in [0.1, 0.15) is 37.8 Å². The lowest BCUT2D eigenvalue weighted by Crippen LogP contribution is -2.65. The zero-order valence-electron chi connectivity index (χ0n) is 21.0. The minimum Gasteiger partial charge on any atom is -0.356 e. The Kier molecular flexibility index (Phi) is 6.10. The summed E-state index contributed by atoms with van der Waals surface area (Å²) in [5.74, 6) is 1.84. The highest BCUT2D eigenvalue weighted by molar-refractivity contribution is 7.88. The normalized spacial score (nSPS) is 21.3. The third kappa shape index (κ3) is 4.62. The molecule has 2 saturated heterocycles. The fourth-order valence-corrected chi connectivity index (χ4v) is 6.18. The maximum atomic E-state index is 13.4. The zero-order chi connectivity index (χ0) is 26.7. The van der Waals surface area contributed by atoms with Crippen molar-refractivity contribution in [3.05, 3.63) is 36.2 Å². The number of piperidine rings is 1. The zero-order valence-corrected chi connectivity index (χ0v) is 21.8. The molecular formula is C25H29F2N7O3S. The van der Waals surface area contributed by atoms with Gasteiger partial charge in [0.2, 0.25) is 10.0 Å². The number of fused-ring (bicyclic) bond motifs is 1. The van der Waals surface area contributed by atoms with E-state index in [1.807, 2.05) is 12.1 Å². The number of rotatable bonds is 7. The van der Waals surface area contributed by atoms with E-state index in [0.29, 0.717) is 61.4 Å². The maximum absolute atomic E-state index is 13.4. The Morgan fingerprint density at radius 1 is 1.18 bits per heavy atom. The monoisotopic (exact) mass is 545 g/mol. The lowest BCUT2D eigenvalue weighted by atomic mass is 9.62. The van der Waals surface area contributed by atoms with Crippen LogP contribution in [0.3, 0.4) is 0 Å². The van der Waals surface area contributed by atoms with Gasteiger partial charge in [0.15, 0.2) is 5.65 Å². The number of hydrogen-bond donors (Lipinski definition) is 1. The average molecular weight is 546 g/mol. The first-order valence-corrected chi connectivity index (χ1v) is 14.6. The summed E-state index contributed by atoms with van der Waals surface area (Å²) in [6, 6.07) is 6.59. The van der Waals surface area contributed by atoms with Crippen molar-refractivity contribution in [3.8, 4) is 11.3 Å². The number of sulfonamides is 1. The van der Waals surface area contributed by atoms with Crippen LogP contribution in [-0.2, 0) is 14.8 Å². The molecule has 3 aliphatic rings. The van der Waals surface area contributed by atoms with E-state index in [0.717, 1.165) is 37.6 Å². The second-order valence-corrected chi connectivity index (χ2v) is 12.5. The Morgan fingerprint density at radius 3 is 2.61 bits per heavy atom. The first-order valence-electron chi connectivity index (χ1n) is 12.7. The van der Waals surface area contributed by atoms with Crippen LogP contribution in [0.25, 0.3) is 16.9 Å². The molecule has 1 aliphatic carbocycles. The van der Waals surface area contributed by atoms with Crippen LogP contribution >= 0.6 is 0 Å². The molecule has 13 heteroatoms. The summed E-state index contributed by atoms with van der Waals surface area (Å²) in [5, 5.41) is 4.12. The smallest absolute Gasteiger partial charge is 0.282 e. The van der Waals surface area contributed by atoms with Gasteiger partial charge in [0, 0.05) is 44.7 Å². The van der Waals surface area contributed by atoms with Crippen LogP contribution in [0.4, 0.5) is 20.4 Å². The van der Waals surface area contributed by atoms with Crippen molar-refractivity contribution >= 4 is 33.1 Å². The van der Waals surface area contributed by atoms with Crippen LogP contribution in [-0.4, -0.2) is 72.8 Å². The van der Waals surface area contributed by atoms with Gasteiger partial charge >= 0.3 is 0 Å². The predicted octanol–water partition coefficient (Wildman–Crippen LogP) is 2.66. The predicted molar refractivity (Wildman–Crippen MR) is 138 cm³/mol. The van der Waals surface area contributed by atoms with Crippen LogP contribution in [0.2, 0.25) is 0 Å². The fraction of sp³-hybridized carbons (Fsp3) is 0.520. The van der Waals surface area contributed by atoms with Crippen LogP contribution in [0.15, 0.2) is 30.5 Å². The Labute approximate surface area is 219 Å². The molecule has 6 rings (SSSR count). The molecule has 2 aliphatic heterocycles. The molecule has 0 radical (unpaired) electrons. The molecule has 1 unspecified atom stereocenters. The molecule has 3 fully saturated rings. The van der Waals surface area contributed by atoms with E-state index in [2.05, 4.69) is 24.6 Å². The van der Waals surface area contributed by atoms with Crippen molar-refractivity contribution in [1.82, 2.24) is 24.3 Å². The Hall–Kier alpha value is -3.19. The van der Waals surface area contributed by atoms with Gasteiger partial charge in [0.05, 0.1) is 23.6 Å². The van der Waals surface area contributed by atoms with Crippen molar-refractivity contribution in [2.45, 2.75) is 32.1 Å². The molecule has 5 heterocycles. The number of aromatic nitrogens is 4. The summed E-state index contributed by atoms with van der Waals surface area (Å²) < 4.78 is 54.0. The number of Topliss-reactive ketones (excluding diaryl/α,β-unsaturated/α-hetero) is 1. The van der Waals surface area contributed by atoms with E-state index in [9.17, 15) is 22.0 Å². The van der Waals surface area contributed by atoms with E-state index < -0.39 is 16.4 Å². The molecular weight excluding hydrogens is 516 g/mol. The summed E-state index contributed by atoms with van der Waals surface area (Å²) >= 11 is 0. The van der Waals surface area contributed by atoms with Gasteiger partial charge < -0.3 is 9.80 Å². The molecule has 0 bridgehead atoms. The van der Waals surface area contributed by atoms with E-state index in [-0.39, 0.29) is 17.0 Å². The number of nitrogens with one attached hydrogen (secondary N) is 1. The highest BCUT2D eigenvalue weighted by Gasteiger charge is 2.54. The van der Waals surface area contributed by atoms with Crippen molar-refractivity contribution in [2.75, 3.05) is 48.8 Å². The lowest BCUT2D eigenvalue weighted by Gasteiger charge is -2.54. The van der Waals surface area contributed by atoms with E-state index >= 15 is 0 Å². The SMILES string of the molecule is CS(=O)(=O)NCC1CCCN(c2cc(-c3cnc4ccc(C(F)F)nn34)cc(N3CC4(CCC4=O)C3)n2)C1. The number of hydrogen-bond acceptors (Lipinski definition) is 8. The highest BCUT2D eigenvalue weighted by atomic mass is 32.2. The average Bonchev–Trinajstić information content (AvgIpc) is 3.29. The van der Waals surface area contributed by atoms with Crippen molar-refractivity contribution in [1.29, 1.82) is 0 Å². The molecule has 3 aromatic heterocycles. The molecule has 0 aromatic carbocycles. The Morgan fingerprint density at radius 2 is 1.95 bits per heavy atom. The Balaban J connectivity index is 1.35. The molecule has 10 nitrogen and oxygen atoms in total. The molecule has 0 amide bonds. The summed E-state index contributed by atoms with van der Waals surface area (Å²) in [6.07, 6.45) is 3.36. The van der Waals surface area contributed by atoms with Gasteiger partial charge in [-0.1, -0.05) is 0 Å². The number of alkyl halides is 2. The first-order chi connectivity index (χ1) is 18.1. The molecule has 1 N–H and O–H groups in total.